The van der Waals surface area contributed by atoms with Crippen molar-refractivity contribution in [1.82, 2.24) is 9.55 Å². The molecule has 0 saturated heterocycles. The van der Waals surface area contributed by atoms with Crippen LogP contribution in [-0.4, -0.2) is 34.9 Å². The van der Waals surface area contributed by atoms with E-state index in [2.05, 4.69) is 4.98 Å². The molecule has 4 nitrogen and oxygen atoms in total. The highest BCUT2D eigenvalue weighted by Crippen LogP contribution is 2.24. The van der Waals surface area contributed by atoms with Gasteiger partial charge in [-0.25, -0.2) is 17.8 Å². The standard InChI is InChI=1S/C14H18ClFN2O2S/c1-14(2,21(3,19)20)9-18-12-5-4-10(16)8-11(12)17-13(18)6-7-15/h4-5,8H,6-7,9H2,1-3H3. The lowest BCUT2D eigenvalue weighted by molar-refractivity contribution is 0.500. The third-order valence-corrected chi connectivity index (χ3v) is 5.98. The number of sulfone groups is 1. The number of benzene rings is 1. The van der Waals surface area contributed by atoms with Crippen molar-refractivity contribution in [1.29, 1.82) is 0 Å². The summed E-state index contributed by atoms with van der Waals surface area (Å²) < 4.78 is 38.0. The molecule has 116 valence electrons. The first kappa shape index (κ1) is 16.2. The molecule has 2 aromatic rings. The van der Waals surface area contributed by atoms with Gasteiger partial charge in [-0.15, -0.1) is 11.6 Å². The van der Waals surface area contributed by atoms with Crippen molar-refractivity contribution in [3.8, 4) is 0 Å². The summed E-state index contributed by atoms with van der Waals surface area (Å²) in [6, 6.07) is 4.31. The van der Waals surface area contributed by atoms with Crippen molar-refractivity contribution in [3.63, 3.8) is 0 Å². The lowest BCUT2D eigenvalue weighted by Crippen LogP contribution is -2.36. The van der Waals surface area contributed by atoms with Gasteiger partial charge >= 0.3 is 0 Å². The maximum atomic E-state index is 13.3. The van der Waals surface area contributed by atoms with Crippen molar-refractivity contribution in [2.75, 3.05) is 12.1 Å². The Morgan fingerprint density at radius 3 is 2.62 bits per heavy atom. The maximum Gasteiger partial charge on any atom is 0.154 e. The minimum absolute atomic E-state index is 0.250. The average molecular weight is 333 g/mol. The van der Waals surface area contributed by atoms with Gasteiger partial charge in [-0.2, -0.15) is 0 Å². The van der Waals surface area contributed by atoms with Crippen LogP contribution in [0.3, 0.4) is 0 Å². The molecule has 7 heteroatoms. The number of hydrogen-bond acceptors (Lipinski definition) is 3. The van der Waals surface area contributed by atoms with E-state index in [1.807, 2.05) is 4.57 Å². The normalized spacial score (nSPS) is 13.0. The van der Waals surface area contributed by atoms with Crippen molar-refractivity contribution >= 4 is 32.5 Å². The van der Waals surface area contributed by atoms with Gasteiger partial charge in [0.2, 0.25) is 0 Å². The van der Waals surface area contributed by atoms with Gasteiger partial charge in [0.15, 0.2) is 9.84 Å². The topological polar surface area (TPSA) is 52.0 Å². The number of imidazole rings is 1. The summed E-state index contributed by atoms with van der Waals surface area (Å²) in [4.78, 5) is 4.37. The summed E-state index contributed by atoms with van der Waals surface area (Å²) in [6.07, 6.45) is 1.71. The fraction of sp³-hybridized carbons (Fsp3) is 0.500. The minimum Gasteiger partial charge on any atom is -0.326 e. The van der Waals surface area contributed by atoms with Crippen LogP contribution in [0.4, 0.5) is 4.39 Å². The zero-order valence-electron chi connectivity index (χ0n) is 12.2. The first-order chi connectivity index (χ1) is 9.65. The monoisotopic (exact) mass is 332 g/mol. The Hall–Kier alpha value is -1.14. The van der Waals surface area contributed by atoms with E-state index in [-0.39, 0.29) is 12.4 Å². The Kier molecular flexibility index (Phi) is 4.31. The molecule has 0 N–H and O–H groups in total. The Morgan fingerprint density at radius 1 is 1.38 bits per heavy atom. The predicted octanol–water partition coefficient (Wildman–Crippen LogP) is 2.78. The van der Waals surface area contributed by atoms with E-state index in [9.17, 15) is 12.8 Å². The zero-order chi connectivity index (χ0) is 15.8. The van der Waals surface area contributed by atoms with Crippen molar-refractivity contribution < 1.29 is 12.8 Å². The molecular weight excluding hydrogens is 315 g/mol. The van der Waals surface area contributed by atoms with Gasteiger partial charge in [-0.1, -0.05) is 0 Å². The Balaban J connectivity index is 2.58. The Bertz CT molecular complexity index is 769. The van der Waals surface area contributed by atoms with Crippen LogP contribution in [0.1, 0.15) is 19.7 Å². The van der Waals surface area contributed by atoms with Crippen LogP contribution in [0.15, 0.2) is 18.2 Å². The van der Waals surface area contributed by atoms with Gasteiger partial charge in [-0.3, -0.25) is 0 Å². The quantitative estimate of drug-likeness (QED) is 0.791. The molecule has 0 unspecified atom stereocenters. The molecular formula is C14H18ClFN2O2S. The van der Waals surface area contributed by atoms with Gasteiger partial charge in [-0.05, 0) is 26.0 Å². The Labute approximate surface area is 128 Å². The van der Waals surface area contributed by atoms with E-state index in [1.54, 1.807) is 19.9 Å². The number of alkyl halides is 1. The average Bonchev–Trinajstić information content (AvgIpc) is 2.65. The van der Waals surface area contributed by atoms with Crippen molar-refractivity contribution in [2.45, 2.75) is 31.6 Å². The first-order valence-electron chi connectivity index (χ1n) is 6.56. The SMILES string of the molecule is CC(C)(Cn1c(CCCl)nc2cc(F)ccc21)S(C)(=O)=O. The van der Waals surface area contributed by atoms with Crippen molar-refractivity contribution in [3.05, 3.63) is 29.8 Å². The van der Waals surface area contributed by atoms with E-state index in [0.717, 1.165) is 0 Å². The summed E-state index contributed by atoms with van der Waals surface area (Å²) in [7, 11) is -3.24. The summed E-state index contributed by atoms with van der Waals surface area (Å²) in [5.74, 6) is 0.666. The highest BCUT2D eigenvalue weighted by atomic mass is 35.5. The molecule has 0 atom stereocenters. The van der Waals surface area contributed by atoms with E-state index in [4.69, 9.17) is 11.6 Å². The first-order valence-corrected chi connectivity index (χ1v) is 8.98. The molecule has 1 aromatic carbocycles. The van der Waals surface area contributed by atoms with E-state index < -0.39 is 14.6 Å². The number of aromatic nitrogens is 2. The summed E-state index contributed by atoms with van der Waals surface area (Å²) in [6.45, 7) is 3.59. The number of fused-ring (bicyclic) bond motifs is 1. The molecule has 0 aliphatic rings. The van der Waals surface area contributed by atoms with E-state index in [1.165, 1.54) is 18.4 Å². The fourth-order valence-electron chi connectivity index (χ4n) is 2.10. The lowest BCUT2D eigenvalue weighted by Gasteiger charge is -2.24. The molecule has 0 bridgehead atoms. The van der Waals surface area contributed by atoms with Crippen LogP contribution in [0.25, 0.3) is 11.0 Å². The molecule has 1 heterocycles. The second kappa shape index (κ2) is 5.57. The van der Waals surface area contributed by atoms with E-state index in [0.29, 0.717) is 29.2 Å². The number of aryl methyl sites for hydroxylation is 1. The highest BCUT2D eigenvalue weighted by Gasteiger charge is 2.32. The molecule has 0 saturated carbocycles. The molecule has 21 heavy (non-hydrogen) atoms. The molecule has 0 spiro atoms. The van der Waals surface area contributed by atoms with Crippen LogP contribution >= 0.6 is 11.6 Å². The molecule has 0 aliphatic heterocycles. The van der Waals surface area contributed by atoms with Gasteiger partial charge < -0.3 is 4.57 Å². The smallest absolute Gasteiger partial charge is 0.154 e. The van der Waals surface area contributed by atoms with Gasteiger partial charge in [0.05, 0.1) is 15.8 Å². The molecule has 1 aromatic heterocycles. The minimum atomic E-state index is -3.24. The molecule has 0 aliphatic carbocycles. The third-order valence-electron chi connectivity index (χ3n) is 3.65. The number of nitrogens with zero attached hydrogens (tertiary/aromatic N) is 2. The van der Waals surface area contributed by atoms with Crippen LogP contribution in [0.5, 0.6) is 0 Å². The Morgan fingerprint density at radius 2 is 2.05 bits per heavy atom. The van der Waals surface area contributed by atoms with Crippen molar-refractivity contribution in [2.24, 2.45) is 0 Å². The molecule has 0 amide bonds. The number of hydrogen-bond donors (Lipinski definition) is 0. The number of halogens is 2. The highest BCUT2D eigenvalue weighted by molar-refractivity contribution is 7.92. The van der Waals surface area contributed by atoms with Crippen LogP contribution in [0.2, 0.25) is 0 Å². The van der Waals surface area contributed by atoms with E-state index >= 15 is 0 Å². The lowest BCUT2D eigenvalue weighted by atomic mass is 10.2. The zero-order valence-corrected chi connectivity index (χ0v) is 13.8. The van der Waals surface area contributed by atoms with Gasteiger partial charge in [0.25, 0.3) is 0 Å². The third kappa shape index (κ3) is 3.21. The maximum absolute atomic E-state index is 13.3. The van der Waals surface area contributed by atoms with Crippen LogP contribution in [-0.2, 0) is 22.8 Å². The molecule has 0 fully saturated rings. The predicted molar refractivity (Wildman–Crippen MR) is 83.0 cm³/mol. The van der Waals surface area contributed by atoms with Crippen LogP contribution in [0, 0.1) is 5.82 Å². The largest absolute Gasteiger partial charge is 0.326 e. The van der Waals surface area contributed by atoms with Crippen LogP contribution < -0.4 is 0 Å². The second-order valence-electron chi connectivity index (χ2n) is 5.72. The molecule has 0 radical (unpaired) electrons. The van der Waals surface area contributed by atoms with Gasteiger partial charge in [0.1, 0.15) is 11.6 Å². The second-order valence-corrected chi connectivity index (χ2v) is 8.75. The summed E-state index contributed by atoms with van der Waals surface area (Å²) in [5, 5.41) is 0. The summed E-state index contributed by atoms with van der Waals surface area (Å²) in [5.41, 5.74) is 1.23. The van der Waals surface area contributed by atoms with Gasteiger partial charge in [0, 0.05) is 31.2 Å². The summed E-state index contributed by atoms with van der Waals surface area (Å²) >= 11 is 5.78. The molecule has 2 rings (SSSR count). The fourth-order valence-corrected chi connectivity index (χ4v) is 2.64. The number of rotatable bonds is 5.